The largest absolute Gasteiger partial charge is 0.495 e. The predicted octanol–water partition coefficient (Wildman–Crippen LogP) is 4.52. The highest BCUT2D eigenvalue weighted by Crippen LogP contribution is 2.36. The Hall–Kier alpha value is -2.01. The molecule has 0 heterocycles. The molecule has 0 bridgehead atoms. The monoisotopic (exact) mass is 391 g/mol. The highest BCUT2D eigenvalue weighted by Gasteiger charge is 2.22. The molecule has 2 aromatic rings. The first-order valence-corrected chi connectivity index (χ1v) is 8.53. The van der Waals surface area contributed by atoms with Crippen molar-refractivity contribution in [3.63, 3.8) is 0 Å². The number of halogens is 1. The summed E-state index contributed by atoms with van der Waals surface area (Å²) in [5, 5.41) is 0. The van der Waals surface area contributed by atoms with Crippen LogP contribution in [0.2, 0.25) is 0 Å². The molecule has 0 saturated heterocycles. The van der Waals surface area contributed by atoms with Gasteiger partial charge in [0.1, 0.15) is 16.0 Å². The Morgan fingerprint density at radius 1 is 1.08 bits per heavy atom. The summed E-state index contributed by atoms with van der Waals surface area (Å²) in [7, 11) is 3.13. The summed E-state index contributed by atoms with van der Waals surface area (Å²) in [4.78, 5) is 14.9. The highest BCUT2D eigenvalue weighted by atomic mass is 79.9. The zero-order valence-corrected chi connectivity index (χ0v) is 16.0. The smallest absolute Gasteiger partial charge is 0.254 e. The number of nitrogens with zero attached hydrogens (tertiary/aromatic N) is 1. The van der Waals surface area contributed by atoms with Gasteiger partial charge in [0.2, 0.25) is 0 Å². The number of carbonyl (C=O) groups excluding carboxylic acids is 1. The van der Waals surface area contributed by atoms with Gasteiger partial charge in [-0.2, -0.15) is 0 Å². The maximum atomic E-state index is 13.0. The van der Waals surface area contributed by atoms with Crippen LogP contribution in [0.15, 0.2) is 46.9 Å². The zero-order valence-electron chi connectivity index (χ0n) is 14.4. The topological polar surface area (TPSA) is 38.8 Å². The normalized spacial score (nSPS) is 10.6. The predicted molar refractivity (Wildman–Crippen MR) is 98.7 cm³/mol. The van der Waals surface area contributed by atoms with E-state index < -0.39 is 0 Å². The van der Waals surface area contributed by atoms with Crippen LogP contribution >= 0.6 is 15.9 Å². The zero-order chi connectivity index (χ0) is 17.7. The number of hydrogen-bond acceptors (Lipinski definition) is 3. The molecular weight excluding hydrogens is 370 g/mol. The Labute approximate surface area is 151 Å². The van der Waals surface area contributed by atoms with Gasteiger partial charge in [0.25, 0.3) is 5.91 Å². The van der Waals surface area contributed by atoms with E-state index in [9.17, 15) is 4.79 Å². The van der Waals surface area contributed by atoms with E-state index in [2.05, 4.69) is 15.9 Å². The van der Waals surface area contributed by atoms with Crippen molar-refractivity contribution >= 4 is 21.8 Å². The second kappa shape index (κ2) is 8.20. The average Bonchev–Trinajstić information content (AvgIpc) is 2.60. The maximum Gasteiger partial charge on any atom is 0.254 e. The van der Waals surface area contributed by atoms with E-state index in [1.807, 2.05) is 49.1 Å². The summed E-state index contributed by atoms with van der Waals surface area (Å²) in [5.41, 5.74) is 1.63. The number of ether oxygens (including phenoxy) is 2. The molecule has 2 rings (SSSR count). The summed E-state index contributed by atoms with van der Waals surface area (Å²) >= 11 is 3.43. The second-order valence-electron chi connectivity index (χ2n) is 5.71. The number of amides is 1. The molecule has 0 spiro atoms. The molecule has 0 aromatic heterocycles. The van der Waals surface area contributed by atoms with Gasteiger partial charge in [-0.15, -0.1) is 0 Å². The molecule has 0 saturated carbocycles. The number of carbonyl (C=O) groups is 1. The molecule has 4 nitrogen and oxygen atoms in total. The van der Waals surface area contributed by atoms with Crippen LogP contribution in [-0.4, -0.2) is 31.1 Å². The van der Waals surface area contributed by atoms with Crippen LogP contribution in [0.1, 0.15) is 29.8 Å². The fraction of sp³-hybridized carbons (Fsp3) is 0.316. The first-order valence-electron chi connectivity index (χ1n) is 7.74. The van der Waals surface area contributed by atoms with Crippen molar-refractivity contribution in [3.8, 4) is 11.5 Å². The minimum Gasteiger partial charge on any atom is -0.495 e. The van der Waals surface area contributed by atoms with Gasteiger partial charge in [0.15, 0.2) is 0 Å². The van der Waals surface area contributed by atoms with E-state index >= 15 is 0 Å². The molecule has 0 radical (unpaired) electrons. The number of benzene rings is 2. The van der Waals surface area contributed by atoms with Gasteiger partial charge in [-0.1, -0.05) is 30.3 Å². The molecule has 5 heteroatoms. The van der Waals surface area contributed by atoms with Crippen molar-refractivity contribution in [1.29, 1.82) is 0 Å². The fourth-order valence-corrected chi connectivity index (χ4v) is 2.98. The third-order valence-electron chi connectivity index (χ3n) is 3.77. The summed E-state index contributed by atoms with van der Waals surface area (Å²) < 4.78 is 11.4. The molecule has 0 aliphatic heterocycles. The van der Waals surface area contributed by atoms with E-state index in [4.69, 9.17) is 9.47 Å². The average molecular weight is 392 g/mol. The highest BCUT2D eigenvalue weighted by molar-refractivity contribution is 9.10. The Bertz CT molecular complexity index is 676. The lowest BCUT2D eigenvalue weighted by atomic mass is 10.1. The first kappa shape index (κ1) is 18.3. The van der Waals surface area contributed by atoms with Crippen molar-refractivity contribution < 1.29 is 14.3 Å². The van der Waals surface area contributed by atoms with Gasteiger partial charge >= 0.3 is 0 Å². The van der Waals surface area contributed by atoms with Gasteiger partial charge in [0, 0.05) is 18.2 Å². The van der Waals surface area contributed by atoms with E-state index in [1.165, 1.54) is 0 Å². The van der Waals surface area contributed by atoms with Crippen LogP contribution < -0.4 is 9.47 Å². The molecule has 0 N–H and O–H groups in total. The molecular formula is C19H22BrNO3. The Balaban J connectivity index is 2.36. The van der Waals surface area contributed by atoms with E-state index in [0.29, 0.717) is 28.1 Å². The molecule has 2 aromatic carbocycles. The Morgan fingerprint density at radius 3 is 2.08 bits per heavy atom. The standard InChI is InChI=1S/C19H22BrNO3/c1-13(2)21(12-14-8-6-5-7-9-14)19(22)15-10-16(23-3)18(20)17(11-15)24-4/h5-11,13H,12H2,1-4H3. The van der Waals surface area contributed by atoms with Crippen LogP contribution in [0.4, 0.5) is 0 Å². The van der Waals surface area contributed by atoms with E-state index in [0.717, 1.165) is 5.56 Å². The van der Waals surface area contributed by atoms with Crippen molar-refractivity contribution in [2.45, 2.75) is 26.4 Å². The van der Waals surface area contributed by atoms with Gasteiger partial charge in [-0.25, -0.2) is 0 Å². The summed E-state index contributed by atoms with van der Waals surface area (Å²) in [5.74, 6) is 1.08. The molecule has 0 aliphatic rings. The quantitative estimate of drug-likeness (QED) is 0.726. The second-order valence-corrected chi connectivity index (χ2v) is 6.50. The van der Waals surface area contributed by atoms with Gasteiger partial charge in [0.05, 0.1) is 14.2 Å². The van der Waals surface area contributed by atoms with Crippen molar-refractivity contribution in [3.05, 3.63) is 58.1 Å². The van der Waals surface area contributed by atoms with Crippen molar-refractivity contribution in [2.75, 3.05) is 14.2 Å². The Kier molecular flexibility index (Phi) is 6.26. The fourth-order valence-electron chi connectivity index (χ4n) is 2.43. The van der Waals surface area contributed by atoms with Crippen molar-refractivity contribution in [1.82, 2.24) is 4.90 Å². The number of methoxy groups -OCH3 is 2. The minimum atomic E-state index is -0.0575. The van der Waals surface area contributed by atoms with Crippen LogP contribution in [0.3, 0.4) is 0 Å². The molecule has 0 aliphatic carbocycles. The number of hydrogen-bond donors (Lipinski definition) is 0. The van der Waals surface area contributed by atoms with E-state index in [-0.39, 0.29) is 11.9 Å². The third-order valence-corrected chi connectivity index (χ3v) is 4.55. The maximum absolute atomic E-state index is 13.0. The van der Waals surface area contributed by atoms with Crippen LogP contribution in [0, 0.1) is 0 Å². The lowest BCUT2D eigenvalue weighted by molar-refractivity contribution is 0.0689. The first-order chi connectivity index (χ1) is 11.5. The van der Waals surface area contributed by atoms with Crippen LogP contribution in [0.5, 0.6) is 11.5 Å². The van der Waals surface area contributed by atoms with Gasteiger partial charge in [-0.3, -0.25) is 4.79 Å². The molecule has 1 amide bonds. The summed E-state index contributed by atoms with van der Waals surface area (Å²) in [6.45, 7) is 4.57. The molecule has 128 valence electrons. The van der Waals surface area contributed by atoms with Gasteiger partial charge in [-0.05, 0) is 47.5 Å². The summed E-state index contributed by atoms with van der Waals surface area (Å²) in [6, 6.07) is 13.5. The molecule has 0 atom stereocenters. The Morgan fingerprint density at radius 2 is 1.62 bits per heavy atom. The lowest BCUT2D eigenvalue weighted by Crippen LogP contribution is -2.36. The van der Waals surface area contributed by atoms with Crippen LogP contribution in [0.25, 0.3) is 0 Å². The SMILES string of the molecule is COc1cc(C(=O)N(Cc2ccccc2)C(C)C)cc(OC)c1Br. The molecule has 0 fully saturated rings. The number of rotatable bonds is 6. The lowest BCUT2D eigenvalue weighted by Gasteiger charge is -2.27. The third kappa shape index (κ3) is 4.09. The van der Waals surface area contributed by atoms with Crippen molar-refractivity contribution in [2.24, 2.45) is 0 Å². The molecule has 0 unspecified atom stereocenters. The molecule has 24 heavy (non-hydrogen) atoms. The van der Waals surface area contributed by atoms with E-state index in [1.54, 1.807) is 26.4 Å². The van der Waals surface area contributed by atoms with Crippen LogP contribution in [-0.2, 0) is 6.54 Å². The summed E-state index contributed by atoms with van der Waals surface area (Å²) in [6.07, 6.45) is 0. The minimum absolute atomic E-state index is 0.0575. The van der Waals surface area contributed by atoms with Gasteiger partial charge < -0.3 is 14.4 Å².